The molecule has 0 bridgehead atoms. The molecule has 0 N–H and O–H groups in total. The Kier molecular flexibility index (Phi) is 4.11. The van der Waals surface area contributed by atoms with Crippen LogP contribution in [0, 0.1) is 0 Å². The van der Waals surface area contributed by atoms with Gasteiger partial charge in [-0.1, -0.05) is 11.6 Å². The molecule has 3 nitrogen and oxygen atoms in total. The second-order valence-electron chi connectivity index (χ2n) is 3.65. The molecule has 84 valence electrons. The first-order chi connectivity index (χ1) is 7.31. The fraction of sp³-hybridized carbons (Fsp3) is 0.778. The molecule has 2 rings (SSSR count). The van der Waals surface area contributed by atoms with Crippen LogP contribution in [0.25, 0.3) is 0 Å². The van der Waals surface area contributed by atoms with Crippen LogP contribution < -0.4 is 4.90 Å². The lowest BCUT2D eigenvalue weighted by molar-refractivity contribution is 0.745. The molecule has 2 heterocycles. The van der Waals surface area contributed by atoms with Crippen LogP contribution in [0.15, 0.2) is 0 Å². The van der Waals surface area contributed by atoms with E-state index in [0.717, 1.165) is 24.2 Å². The summed E-state index contributed by atoms with van der Waals surface area (Å²) < 4.78 is 8.26. The highest BCUT2D eigenvalue weighted by atomic mass is 35.5. The summed E-state index contributed by atoms with van der Waals surface area (Å²) in [5.41, 5.74) is 0. The molecule has 0 spiro atoms. The monoisotopic (exact) mass is 263 g/mol. The zero-order chi connectivity index (χ0) is 10.7. The Morgan fingerprint density at radius 2 is 2.27 bits per heavy atom. The fourth-order valence-corrected chi connectivity index (χ4v) is 3.40. The molecule has 1 unspecified atom stereocenters. The van der Waals surface area contributed by atoms with Gasteiger partial charge in [0, 0.05) is 18.3 Å². The van der Waals surface area contributed by atoms with Crippen LogP contribution in [-0.4, -0.2) is 33.3 Å². The Morgan fingerprint density at radius 3 is 2.93 bits per heavy atom. The summed E-state index contributed by atoms with van der Waals surface area (Å²) in [4.78, 5) is 2.27. The fourth-order valence-electron chi connectivity index (χ4n) is 1.87. The Labute approximate surface area is 104 Å². The van der Waals surface area contributed by atoms with E-state index in [9.17, 15) is 0 Å². The molecule has 1 saturated heterocycles. The first-order valence-electron chi connectivity index (χ1n) is 5.07. The minimum absolute atomic E-state index is 0.558. The maximum Gasteiger partial charge on any atom is 0.187 e. The van der Waals surface area contributed by atoms with Gasteiger partial charge in [0.1, 0.15) is 0 Å². The Morgan fingerprint density at radius 1 is 1.40 bits per heavy atom. The molecular weight excluding hydrogens is 250 g/mol. The van der Waals surface area contributed by atoms with Gasteiger partial charge >= 0.3 is 0 Å². The normalized spacial score (nSPS) is 22.8. The standard InChI is InChI=1S/C9H14ClN3S2/c1-14-7-3-2-5-13(6-4-7)9-8(10)11-15-12-9/h7H,2-6H2,1H3. The van der Waals surface area contributed by atoms with Gasteiger partial charge in [0.2, 0.25) is 0 Å². The van der Waals surface area contributed by atoms with Crippen LogP contribution in [-0.2, 0) is 0 Å². The van der Waals surface area contributed by atoms with Crippen molar-refractivity contribution in [1.29, 1.82) is 0 Å². The number of hydrogen-bond acceptors (Lipinski definition) is 5. The van der Waals surface area contributed by atoms with Crippen LogP contribution in [0.5, 0.6) is 0 Å². The highest BCUT2D eigenvalue weighted by molar-refractivity contribution is 7.99. The van der Waals surface area contributed by atoms with Gasteiger partial charge in [-0.15, -0.1) is 0 Å². The van der Waals surface area contributed by atoms with E-state index in [-0.39, 0.29) is 0 Å². The van der Waals surface area contributed by atoms with Gasteiger partial charge in [-0.2, -0.15) is 20.5 Å². The smallest absolute Gasteiger partial charge is 0.187 e. The van der Waals surface area contributed by atoms with Crippen LogP contribution in [0.3, 0.4) is 0 Å². The summed E-state index contributed by atoms with van der Waals surface area (Å²) in [6, 6.07) is 0. The maximum atomic E-state index is 5.99. The molecule has 1 aromatic rings. The highest BCUT2D eigenvalue weighted by Gasteiger charge is 2.20. The maximum absolute atomic E-state index is 5.99. The average Bonchev–Trinajstić information content (AvgIpc) is 2.54. The minimum atomic E-state index is 0.558. The lowest BCUT2D eigenvalue weighted by Gasteiger charge is -2.19. The lowest BCUT2D eigenvalue weighted by Crippen LogP contribution is -2.24. The van der Waals surface area contributed by atoms with E-state index in [2.05, 4.69) is 19.9 Å². The first kappa shape index (κ1) is 11.5. The number of halogens is 1. The molecule has 6 heteroatoms. The largest absolute Gasteiger partial charge is 0.353 e. The number of rotatable bonds is 2. The molecule has 1 aliphatic heterocycles. The van der Waals surface area contributed by atoms with Crippen LogP contribution >= 0.6 is 35.1 Å². The topological polar surface area (TPSA) is 29.0 Å². The molecule has 0 radical (unpaired) electrons. The second-order valence-corrected chi connectivity index (χ2v) is 5.68. The van der Waals surface area contributed by atoms with E-state index in [1.807, 2.05) is 11.8 Å². The third-order valence-electron chi connectivity index (χ3n) is 2.74. The van der Waals surface area contributed by atoms with E-state index < -0.39 is 0 Å². The van der Waals surface area contributed by atoms with Gasteiger partial charge in [0.15, 0.2) is 11.0 Å². The van der Waals surface area contributed by atoms with E-state index in [0.29, 0.717) is 5.15 Å². The van der Waals surface area contributed by atoms with Crippen LogP contribution in [0.4, 0.5) is 5.82 Å². The molecule has 0 amide bonds. The third kappa shape index (κ3) is 2.77. The van der Waals surface area contributed by atoms with E-state index in [1.54, 1.807) is 0 Å². The molecule has 0 aromatic carbocycles. The number of anilines is 1. The van der Waals surface area contributed by atoms with Crippen molar-refractivity contribution in [2.75, 3.05) is 24.2 Å². The van der Waals surface area contributed by atoms with Gasteiger partial charge < -0.3 is 4.90 Å². The lowest BCUT2D eigenvalue weighted by atomic mass is 10.2. The summed E-state index contributed by atoms with van der Waals surface area (Å²) in [6.07, 6.45) is 5.93. The summed E-state index contributed by atoms with van der Waals surface area (Å²) in [7, 11) is 0. The summed E-state index contributed by atoms with van der Waals surface area (Å²) >= 11 is 9.15. The van der Waals surface area contributed by atoms with Crippen molar-refractivity contribution >= 4 is 40.9 Å². The molecule has 1 aromatic heterocycles. The van der Waals surface area contributed by atoms with E-state index in [1.165, 1.54) is 31.0 Å². The summed E-state index contributed by atoms with van der Waals surface area (Å²) in [5.74, 6) is 0.878. The van der Waals surface area contributed by atoms with Crippen molar-refractivity contribution < 1.29 is 0 Å². The van der Waals surface area contributed by atoms with Crippen molar-refractivity contribution in [3.8, 4) is 0 Å². The Hall–Kier alpha value is -0.0000000000000000555. The summed E-state index contributed by atoms with van der Waals surface area (Å²) in [5, 5.41) is 1.35. The van der Waals surface area contributed by atoms with Crippen molar-refractivity contribution in [3.63, 3.8) is 0 Å². The predicted octanol–water partition coefficient (Wildman–Crippen LogP) is 2.91. The second kappa shape index (κ2) is 5.37. The molecule has 1 fully saturated rings. The van der Waals surface area contributed by atoms with Crippen LogP contribution in [0.2, 0.25) is 5.15 Å². The van der Waals surface area contributed by atoms with Gasteiger partial charge in [0.25, 0.3) is 0 Å². The molecule has 1 aliphatic rings. The minimum Gasteiger partial charge on any atom is -0.353 e. The Bertz CT molecular complexity index is 318. The number of nitrogens with zero attached hydrogens (tertiary/aromatic N) is 3. The quantitative estimate of drug-likeness (QED) is 0.821. The zero-order valence-corrected chi connectivity index (χ0v) is 11.0. The highest BCUT2D eigenvalue weighted by Crippen LogP contribution is 2.27. The number of aromatic nitrogens is 2. The van der Waals surface area contributed by atoms with Gasteiger partial charge in [-0.25, -0.2) is 0 Å². The van der Waals surface area contributed by atoms with Gasteiger partial charge in [0.05, 0.1) is 11.7 Å². The molecule has 0 aliphatic carbocycles. The number of thioether (sulfide) groups is 1. The first-order valence-corrected chi connectivity index (χ1v) is 7.46. The Balaban J connectivity index is 2.02. The molecule has 1 atom stereocenters. The third-order valence-corrected chi connectivity index (χ3v) is 4.75. The average molecular weight is 264 g/mol. The van der Waals surface area contributed by atoms with Crippen molar-refractivity contribution in [1.82, 2.24) is 8.75 Å². The van der Waals surface area contributed by atoms with Crippen molar-refractivity contribution in [2.45, 2.75) is 24.5 Å². The van der Waals surface area contributed by atoms with Gasteiger partial charge in [-0.05, 0) is 25.5 Å². The molecular formula is C9H14ClN3S2. The number of hydrogen-bond donors (Lipinski definition) is 0. The van der Waals surface area contributed by atoms with Crippen LogP contribution in [0.1, 0.15) is 19.3 Å². The molecule has 0 saturated carbocycles. The van der Waals surface area contributed by atoms with E-state index >= 15 is 0 Å². The van der Waals surface area contributed by atoms with Crippen molar-refractivity contribution in [2.24, 2.45) is 0 Å². The predicted molar refractivity (Wildman–Crippen MR) is 68.3 cm³/mol. The summed E-state index contributed by atoms with van der Waals surface area (Å²) in [6.45, 7) is 2.11. The van der Waals surface area contributed by atoms with E-state index in [4.69, 9.17) is 11.6 Å². The van der Waals surface area contributed by atoms with Crippen molar-refractivity contribution in [3.05, 3.63) is 5.15 Å². The SMILES string of the molecule is CSC1CCCN(c2nsnc2Cl)CC1. The zero-order valence-electron chi connectivity index (χ0n) is 8.65. The van der Waals surface area contributed by atoms with Gasteiger partial charge in [-0.3, -0.25) is 0 Å². The molecule has 15 heavy (non-hydrogen) atoms.